The third-order valence-corrected chi connectivity index (χ3v) is 1.92. The van der Waals surface area contributed by atoms with Crippen molar-refractivity contribution < 1.29 is 0 Å². The van der Waals surface area contributed by atoms with E-state index in [0.29, 0.717) is 12.4 Å². The van der Waals surface area contributed by atoms with Crippen LogP contribution < -0.4 is 11.5 Å². The molecule has 2 aromatic heterocycles. The highest BCUT2D eigenvalue weighted by Gasteiger charge is 1.99. The normalized spacial score (nSPS) is 10.5. The molecule has 4 N–H and O–H groups in total. The molecule has 0 atom stereocenters. The van der Waals surface area contributed by atoms with E-state index in [9.17, 15) is 0 Å². The average Bonchev–Trinajstić information content (AvgIpc) is 2.18. The Labute approximate surface area is 75.6 Å². The summed E-state index contributed by atoms with van der Waals surface area (Å²) in [5.41, 5.74) is 12.9. The molecule has 0 fully saturated rings. The summed E-state index contributed by atoms with van der Waals surface area (Å²) in [6, 6.07) is 3.85. The van der Waals surface area contributed by atoms with E-state index < -0.39 is 0 Å². The van der Waals surface area contributed by atoms with Gasteiger partial charge in [-0.25, -0.2) is 4.98 Å². The molecule has 2 heterocycles. The molecule has 13 heavy (non-hydrogen) atoms. The molecule has 66 valence electrons. The minimum absolute atomic E-state index is 0.459. The van der Waals surface area contributed by atoms with Crippen LogP contribution in [0.4, 0.5) is 5.82 Å². The summed E-state index contributed by atoms with van der Waals surface area (Å²) in [4.78, 5) is 8.13. The summed E-state index contributed by atoms with van der Waals surface area (Å²) in [6.07, 6.45) is 3.39. The second kappa shape index (κ2) is 2.99. The molecule has 2 aromatic rings. The number of nitrogen functional groups attached to an aromatic ring is 1. The molecule has 0 bridgehead atoms. The molecule has 4 heteroatoms. The molecule has 0 radical (unpaired) electrons. The Morgan fingerprint density at radius 3 is 2.92 bits per heavy atom. The summed E-state index contributed by atoms with van der Waals surface area (Å²) in [7, 11) is 0. The van der Waals surface area contributed by atoms with Gasteiger partial charge in [-0.3, -0.25) is 4.98 Å². The fourth-order valence-electron chi connectivity index (χ4n) is 1.24. The zero-order chi connectivity index (χ0) is 9.26. The first-order chi connectivity index (χ1) is 6.31. The van der Waals surface area contributed by atoms with Crippen molar-refractivity contribution in [3.63, 3.8) is 0 Å². The first kappa shape index (κ1) is 7.94. The van der Waals surface area contributed by atoms with E-state index in [2.05, 4.69) is 9.97 Å². The maximum atomic E-state index is 5.64. The van der Waals surface area contributed by atoms with Crippen molar-refractivity contribution in [3.8, 4) is 0 Å². The van der Waals surface area contributed by atoms with Crippen molar-refractivity contribution in [2.45, 2.75) is 6.54 Å². The third-order valence-electron chi connectivity index (χ3n) is 1.92. The molecule has 0 saturated heterocycles. The molecule has 0 spiro atoms. The molecule has 0 aliphatic heterocycles. The van der Waals surface area contributed by atoms with Gasteiger partial charge in [-0.2, -0.15) is 0 Å². The number of hydrogen-bond donors (Lipinski definition) is 2. The van der Waals surface area contributed by atoms with Crippen LogP contribution in [-0.4, -0.2) is 9.97 Å². The van der Waals surface area contributed by atoms with Crippen LogP contribution in [0.1, 0.15) is 5.56 Å². The van der Waals surface area contributed by atoms with Crippen LogP contribution in [0.3, 0.4) is 0 Å². The lowest BCUT2D eigenvalue weighted by atomic mass is 10.2. The molecule has 4 nitrogen and oxygen atoms in total. The van der Waals surface area contributed by atoms with Crippen LogP contribution in [0.2, 0.25) is 0 Å². The largest absolute Gasteiger partial charge is 0.382 e. The summed E-state index contributed by atoms with van der Waals surface area (Å²) >= 11 is 0. The van der Waals surface area contributed by atoms with Crippen LogP contribution in [0, 0.1) is 0 Å². The summed E-state index contributed by atoms with van der Waals surface area (Å²) in [5, 5.41) is 0.982. The summed E-state index contributed by atoms with van der Waals surface area (Å²) < 4.78 is 0. The Bertz CT molecular complexity index is 439. The zero-order valence-electron chi connectivity index (χ0n) is 7.07. The van der Waals surface area contributed by atoms with Crippen LogP contribution >= 0.6 is 0 Å². The standard InChI is InChI=1S/C9H10N4/c10-4-6-3-7-1-2-12-9(11)8(7)13-5-6/h1-3,5H,4,10H2,(H2,11,12). The van der Waals surface area contributed by atoms with Gasteiger partial charge in [-0.05, 0) is 17.7 Å². The van der Waals surface area contributed by atoms with Crippen molar-refractivity contribution in [1.29, 1.82) is 0 Å². The molecule has 0 unspecified atom stereocenters. The number of nitrogens with two attached hydrogens (primary N) is 2. The number of nitrogens with zero attached hydrogens (tertiary/aromatic N) is 2. The second-order valence-corrected chi connectivity index (χ2v) is 2.82. The highest BCUT2D eigenvalue weighted by molar-refractivity contribution is 5.87. The fourth-order valence-corrected chi connectivity index (χ4v) is 1.24. The summed E-state index contributed by atoms with van der Waals surface area (Å²) in [5.74, 6) is 0.459. The van der Waals surface area contributed by atoms with Crippen molar-refractivity contribution >= 4 is 16.7 Å². The van der Waals surface area contributed by atoms with Gasteiger partial charge in [0, 0.05) is 24.3 Å². The average molecular weight is 174 g/mol. The maximum absolute atomic E-state index is 5.64. The molecule has 2 rings (SSSR count). The number of fused-ring (bicyclic) bond motifs is 1. The number of anilines is 1. The molecule has 0 aliphatic rings. The lowest BCUT2D eigenvalue weighted by molar-refractivity contribution is 1.06. The Morgan fingerprint density at radius 1 is 1.31 bits per heavy atom. The quantitative estimate of drug-likeness (QED) is 0.666. The van der Waals surface area contributed by atoms with Gasteiger partial charge in [0.2, 0.25) is 0 Å². The molecule has 0 amide bonds. The highest BCUT2D eigenvalue weighted by atomic mass is 14.9. The smallest absolute Gasteiger partial charge is 0.149 e. The van der Waals surface area contributed by atoms with Crippen molar-refractivity contribution in [3.05, 3.63) is 30.1 Å². The van der Waals surface area contributed by atoms with Gasteiger partial charge in [0.15, 0.2) is 0 Å². The van der Waals surface area contributed by atoms with E-state index in [4.69, 9.17) is 11.5 Å². The van der Waals surface area contributed by atoms with Crippen molar-refractivity contribution in [1.82, 2.24) is 9.97 Å². The van der Waals surface area contributed by atoms with Crippen molar-refractivity contribution in [2.24, 2.45) is 5.73 Å². The predicted molar refractivity (Wildman–Crippen MR) is 51.8 cm³/mol. The molecule has 0 saturated carbocycles. The number of hydrogen-bond acceptors (Lipinski definition) is 4. The zero-order valence-corrected chi connectivity index (χ0v) is 7.07. The Balaban J connectivity index is 2.72. The highest BCUT2D eigenvalue weighted by Crippen LogP contribution is 2.16. The van der Waals surface area contributed by atoms with Crippen LogP contribution in [0.25, 0.3) is 10.9 Å². The van der Waals surface area contributed by atoms with Gasteiger partial charge >= 0.3 is 0 Å². The number of rotatable bonds is 1. The van der Waals surface area contributed by atoms with Gasteiger partial charge < -0.3 is 11.5 Å². The van der Waals surface area contributed by atoms with Gasteiger partial charge in [-0.1, -0.05) is 0 Å². The Hall–Kier alpha value is -1.68. The third kappa shape index (κ3) is 1.31. The van der Waals surface area contributed by atoms with Crippen LogP contribution in [-0.2, 0) is 6.54 Å². The molecule has 0 aliphatic carbocycles. The van der Waals surface area contributed by atoms with Gasteiger partial charge in [0.25, 0.3) is 0 Å². The predicted octanol–water partition coefficient (Wildman–Crippen LogP) is 0.671. The molecule has 0 aromatic carbocycles. The van der Waals surface area contributed by atoms with E-state index in [1.165, 1.54) is 0 Å². The minimum Gasteiger partial charge on any atom is -0.382 e. The topological polar surface area (TPSA) is 77.8 Å². The van der Waals surface area contributed by atoms with Crippen molar-refractivity contribution in [2.75, 3.05) is 5.73 Å². The number of aromatic nitrogens is 2. The molecular formula is C9H10N4. The first-order valence-electron chi connectivity index (χ1n) is 4.00. The summed E-state index contributed by atoms with van der Waals surface area (Å²) in [6.45, 7) is 0.491. The lowest BCUT2D eigenvalue weighted by Crippen LogP contribution is -1.98. The van der Waals surface area contributed by atoms with Gasteiger partial charge in [0.05, 0.1) is 0 Å². The van der Waals surface area contributed by atoms with Gasteiger partial charge in [0.1, 0.15) is 11.3 Å². The SMILES string of the molecule is NCc1cnc2c(N)nccc2c1. The van der Waals surface area contributed by atoms with Crippen LogP contribution in [0.5, 0.6) is 0 Å². The van der Waals surface area contributed by atoms with Crippen LogP contribution in [0.15, 0.2) is 24.5 Å². The Kier molecular flexibility index (Phi) is 1.83. The van der Waals surface area contributed by atoms with Gasteiger partial charge in [-0.15, -0.1) is 0 Å². The van der Waals surface area contributed by atoms with E-state index in [1.54, 1.807) is 12.4 Å². The first-order valence-corrected chi connectivity index (χ1v) is 4.00. The molecular weight excluding hydrogens is 164 g/mol. The number of pyridine rings is 2. The van der Waals surface area contributed by atoms with E-state index in [0.717, 1.165) is 16.5 Å². The van der Waals surface area contributed by atoms with E-state index in [-0.39, 0.29) is 0 Å². The monoisotopic (exact) mass is 174 g/mol. The second-order valence-electron chi connectivity index (χ2n) is 2.82. The minimum atomic E-state index is 0.459. The fraction of sp³-hybridized carbons (Fsp3) is 0.111. The Morgan fingerprint density at radius 2 is 2.15 bits per heavy atom. The van der Waals surface area contributed by atoms with E-state index >= 15 is 0 Å². The van der Waals surface area contributed by atoms with E-state index in [1.807, 2.05) is 12.1 Å². The lowest BCUT2D eigenvalue weighted by Gasteiger charge is -2.01. The maximum Gasteiger partial charge on any atom is 0.149 e.